The second-order valence-corrected chi connectivity index (χ2v) is 8.08. The van der Waals surface area contributed by atoms with E-state index in [-0.39, 0.29) is 11.5 Å². The molecule has 1 fully saturated rings. The first kappa shape index (κ1) is 20.6. The van der Waals surface area contributed by atoms with Gasteiger partial charge < -0.3 is 14.1 Å². The van der Waals surface area contributed by atoms with E-state index in [9.17, 15) is 9.59 Å². The van der Waals surface area contributed by atoms with E-state index >= 15 is 0 Å². The lowest BCUT2D eigenvalue weighted by Crippen LogP contribution is -2.48. The molecule has 30 heavy (non-hydrogen) atoms. The summed E-state index contributed by atoms with van der Waals surface area (Å²) in [5.41, 5.74) is 1.79. The number of amides is 1. The van der Waals surface area contributed by atoms with Gasteiger partial charge in [0.2, 0.25) is 0 Å². The molecule has 3 aromatic rings. The van der Waals surface area contributed by atoms with E-state index in [2.05, 4.69) is 20.8 Å². The van der Waals surface area contributed by atoms with Gasteiger partial charge in [0.25, 0.3) is 5.91 Å². The van der Waals surface area contributed by atoms with Gasteiger partial charge in [0.15, 0.2) is 0 Å². The molecule has 1 aliphatic heterocycles. The van der Waals surface area contributed by atoms with E-state index < -0.39 is 0 Å². The standard InChI is InChI=1S/C23H23BrN2O4/c1-2-29-17-7-8-21-19(14-17)16(13-22(27)30-21)15-25-9-11-26(12-10-25)23(28)18-5-3-4-6-20(18)24/h3-8,13-14H,2,9-12,15H2,1H3. The first-order chi connectivity index (χ1) is 14.5. The van der Waals surface area contributed by atoms with Crippen molar-refractivity contribution >= 4 is 32.8 Å². The molecule has 2 heterocycles. The maximum atomic E-state index is 12.8. The fourth-order valence-corrected chi connectivity index (χ4v) is 4.20. The molecule has 1 aliphatic rings. The highest BCUT2D eigenvalue weighted by molar-refractivity contribution is 9.10. The Kier molecular flexibility index (Phi) is 6.20. The summed E-state index contributed by atoms with van der Waals surface area (Å²) >= 11 is 3.46. The van der Waals surface area contributed by atoms with Gasteiger partial charge in [-0.1, -0.05) is 12.1 Å². The molecule has 156 valence electrons. The Balaban J connectivity index is 1.48. The normalized spacial score (nSPS) is 14.8. The Labute approximate surface area is 183 Å². The number of rotatable bonds is 5. The highest BCUT2D eigenvalue weighted by Gasteiger charge is 2.24. The van der Waals surface area contributed by atoms with Crippen LogP contribution in [-0.4, -0.2) is 48.5 Å². The van der Waals surface area contributed by atoms with Crippen molar-refractivity contribution < 1.29 is 13.9 Å². The first-order valence-electron chi connectivity index (χ1n) is 10.0. The van der Waals surface area contributed by atoms with E-state index in [1.807, 2.05) is 48.2 Å². The highest BCUT2D eigenvalue weighted by atomic mass is 79.9. The fourth-order valence-electron chi connectivity index (χ4n) is 3.75. The molecule has 0 atom stereocenters. The van der Waals surface area contributed by atoms with Crippen LogP contribution in [0.1, 0.15) is 22.8 Å². The Hall–Kier alpha value is -2.64. The van der Waals surface area contributed by atoms with Crippen molar-refractivity contribution in [2.75, 3.05) is 32.8 Å². The zero-order chi connectivity index (χ0) is 21.1. The lowest BCUT2D eigenvalue weighted by molar-refractivity contribution is 0.0628. The number of carbonyl (C=O) groups is 1. The van der Waals surface area contributed by atoms with Crippen LogP contribution in [0.4, 0.5) is 0 Å². The summed E-state index contributed by atoms with van der Waals surface area (Å²) in [6, 6.07) is 14.5. The van der Waals surface area contributed by atoms with Crippen molar-refractivity contribution in [1.82, 2.24) is 9.80 Å². The quantitative estimate of drug-likeness (QED) is 0.528. The van der Waals surface area contributed by atoms with Crippen LogP contribution in [0.25, 0.3) is 11.0 Å². The second-order valence-electron chi connectivity index (χ2n) is 7.23. The molecule has 0 saturated carbocycles. The number of halogens is 1. The molecule has 0 aliphatic carbocycles. The van der Waals surface area contributed by atoms with E-state index in [1.54, 1.807) is 12.1 Å². The average molecular weight is 471 g/mol. The molecule has 0 bridgehead atoms. The number of benzene rings is 2. The SMILES string of the molecule is CCOc1ccc2oc(=O)cc(CN3CCN(C(=O)c4ccccc4Br)CC3)c2c1. The molecule has 2 aromatic carbocycles. The van der Waals surface area contributed by atoms with Gasteiger partial charge in [0, 0.05) is 48.6 Å². The summed E-state index contributed by atoms with van der Waals surface area (Å²) in [6.45, 7) is 5.89. The predicted molar refractivity (Wildman–Crippen MR) is 119 cm³/mol. The average Bonchev–Trinajstić information content (AvgIpc) is 2.75. The monoisotopic (exact) mass is 470 g/mol. The predicted octanol–water partition coefficient (Wildman–Crippen LogP) is 3.91. The van der Waals surface area contributed by atoms with Gasteiger partial charge in [-0.15, -0.1) is 0 Å². The Morgan fingerprint density at radius 3 is 2.60 bits per heavy atom. The van der Waals surface area contributed by atoms with Crippen molar-refractivity contribution in [2.24, 2.45) is 0 Å². The van der Waals surface area contributed by atoms with E-state index in [4.69, 9.17) is 9.15 Å². The summed E-state index contributed by atoms with van der Waals surface area (Å²) in [5, 5.41) is 0.882. The maximum Gasteiger partial charge on any atom is 0.336 e. The van der Waals surface area contributed by atoms with Crippen molar-refractivity contribution in [3.63, 3.8) is 0 Å². The van der Waals surface area contributed by atoms with Crippen molar-refractivity contribution in [1.29, 1.82) is 0 Å². The third kappa shape index (κ3) is 4.42. The minimum Gasteiger partial charge on any atom is -0.494 e. The number of hydrogen-bond acceptors (Lipinski definition) is 5. The van der Waals surface area contributed by atoms with Crippen molar-refractivity contribution in [2.45, 2.75) is 13.5 Å². The lowest BCUT2D eigenvalue weighted by atomic mass is 10.1. The molecule has 7 heteroatoms. The summed E-state index contributed by atoms with van der Waals surface area (Å²) in [4.78, 5) is 29.0. The van der Waals surface area contributed by atoms with Gasteiger partial charge in [-0.25, -0.2) is 4.79 Å². The van der Waals surface area contributed by atoms with Crippen LogP contribution in [0.2, 0.25) is 0 Å². The van der Waals surface area contributed by atoms with Crippen molar-refractivity contribution in [3.05, 3.63) is 74.6 Å². The van der Waals surface area contributed by atoms with Crippen molar-refractivity contribution in [3.8, 4) is 5.75 Å². The molecule has 0 unspecified atom stereocenters. The molecule has 0 radical (unpaired) electrons. The summed E-state index contributed by atoms with van der Waals surface area (Å²) in [5.74, 6) is 0.790. The molecule has 6 nitrogen and oxygen atoms in total. The molecular formula is C23H23BrN2O4. The smallest absolute Gasteiger partial charge is 0.336 e. The fraction of sp³-hybridized carbons (Fsp3) is 0.304. The van der Waals surface area contributed by atoms with Crippen LogP contribution >= 0.6 is 15.9 Å². The van der Waals surface area contributed by atoms with Gasteiger partial charge in [-0.05, 0) is 58.7 Å². The van der Waals surface area contributed by atoms with Gasteiger partial charge >= 0.3 is 5.63 Å². The number of fused-ring (bicyclic) bond motifs is 1. The number of ether oxygens (including phenoxy) is 1. The van der Waals surface area contributed by atoms with Gasteiger partial charge in [0.1, 0.15) is 11.3 Å². The van der Waals surface area contributed by atoms with E-state index in [0.717, 1.165) is 34.3 Å². The van der Waals surface area contributed by atoms with Gasteiger partial charge in [-0.3, -0.25) is 9.69 Å². The largest absolute Gasteiger partial charge is 0.494 e. The zero-order valence-electron chi connectivity index (χ0n) is 16.8. The first-order valence-corrected chi connectivity index (χ1v) is 10.8. The topological polar surface area (TPSA) is 63.0 Å². The Morgan fingerprint density at radius 2 is 1.87 bits per heavy atom. The highest BCUT2D eigenvalue weighted by Crippen LogP contribution is 2.25. The van der Waals surface area contributed by atoms with Crippen LogP contribution in [0.15, 0.2) is 62.2 Å². The van der Waals surface area contributed by atoms with Crippen LogP contribution in [0, 0.1) is 0 Å². The summed E-state index contributed by atoms with van der Waals surface area (Å²) in [6.07, 6.45) is 0. The number of carbonyl (C=O) groups excluding carboxylic acids is 1. The molecule has 0 spiro atoms. The molecule has 1 saturated heterocycles. The molecule has 0 N–H and O–H groups in total. The number of hydrogen-bond donors (Lipinski definition) is 0. The maximum absolute atomic E-state index is 12.8. The van der Waals surface area contributed by atoms with Crippen LogP contribution < -0.4 is 10.4 Å². The minimum atomic E-state index is -0.357. The molecule has 1 amide bonds. The molecule has 4 rings (SSSR count). The lowest BCUT2D eigenvalue weighted by Gasteiger charge is -2.35. The van der Waals surface area contributed by atoms with Crippen LogP contribution in [0.5, 0.6) is 5.75 Å². The third-order valence-corrected chi connectivity index (χ3v) is 5.96. The second kappa shape index (κ2) is 9.02. The third-order valence-electron chi connectivity index (χ3n) is 5.27. The summed E-state index contributed by atoms with van der Waals surface area (Å²) in [7, 11) is 0. The van der Waals surface area contributed by atoms with Gasteiger partial charge in [0.05, 0.1) is 12.2 Å². The molecular weight excluding hydrogens is 448 g/mol. The van der Waals surface area contributed by atoms with E-state index in [0.29, 0.717) is 37.4 Å². The van der Waals surface area contributed by atoms with E-state index in [1.165, 1.54) is 0 Å². The Morgan fingerprint density at radius 1 is 1.10 bits per heavy atom. The van der Waals surface area contributed by atoms with Crippen LogP contribution in [0.3, 0.4) is 0 Å². The van der Waals surface area contributed by atoms with Crippen LogP contribution in [-0.2, 0) is 6.54 Å². The zero-order valence-corrected chi connectivity index (χ0v) is 18.4. The molecule has 1 aromatic heterocycles. The van der Waals surface area contributed by atoms with Gasteiger partial charge in [-0.2, -0.15) is 0 Å². The number of piperazine rings is 1. The minimum absolute atomic E-state index is 0.0364. The Bertz CT molecular complexity index is 1120. The summed E-state index contributed by atoms with van der Waals surface area (Å²) < 4.78 is 11.8. The number of nitrogens with zero attached hydrogens (tertiary/aromatic N) is 2.